The summed E-state index contributed by atoms with van der Waals surface area (Å²) < 4.78 is 41.5. The molecule has 4 rings (SSSR count). The molecule has 0 N–H and O–H groups in total. The minimum Gasteiger partial charge on any atom is -0.453 e. The highest BCUT2D eigenvalue weighted by atomic mass is 16.8. The highest BCUT2D eigenvalue weighted by Gasteiger charge is 2.62. The molecule has 2 heterocycles. The van der Waals surface area contributed by atoms with Crippen LogP contribution in [0.25, 0.3) is 0 Å². The summed E-state index contributed by atoms with van der Waals surface area (Å²) in [5.41, 5.74) is 0.953. The summed E-state index contributed by atoms with van der Waals surface area (Å²) >= 11 is 0. The molecule has 2 aromatic carbocycles. The first kappa shape index (κ1) is 26.1. The van der Waals surface area contributed by atoms with Gasteiger partial charge in [0.25, 0.3) is 5.69 Å². The van der Waals surface area contributed by atoms with E-state index in [1.807, 2.05) is 30.3 Å². The summed E-state index contributed by atoms with van der Waals surface area (Å²) in [6, 6.07) is 14.7. The van der Waals surface area contributed by atoms with E-state index in [0.717, 1.165) is 5.56 Å². The number of fused-ring (bicyclic) bond motifs is 1. The molecule has 0 saturated carbocycles. The van der Waals surface area contributed by atoms with Crippen molar-refractivity contribution in [2.24, 2.45) is 0 Å². The van der Waals surface area contributed by atoms with Gasteiger partial charge in [-0.15, -0.1) is 0 Å². The Bertz CT molecular complexity index is 1060. The summed E-state index contributed by atoms with van der Waals surface area (Å²) in [5.74, 6) is -3.36. The number of hydrogen-bond donors (Lipinski definition) is 0. The zero-order valence-electron chi connectivity index (χ0n) is 20.4. The van der Waals surface area contributed by atoms with E-state index in [4.69, 9.17) is 33.2 Å². The Hall–Kier alpha value is -2.93. The van der Waals surface area contributed by atoms with Gasteiger partial charge in [-0.2, -0.15) is 0 Å². The van der Waals surface area contributed by atoms with Gasteiger partial charge in [0.15, 0.2) is 12.4 Å². The van der Waals surface area contributed by atoms with E-state index >= 15 is 0 Å². The lowest BCUT2D eigenvalue weighted by Crippen LogP contribution is -2.71. The standard InChI is InChI=1S/C25H29NO10/c1-24(30-3)25(2,31-4)36-21-20(35-24)19(15-33-23(21)32-14-16-8-6-5-7-9-16)34-22(27)17-10-12-18(13-11-17)26(28)29/h5-13,19-21,23H,14-15H2,1-4H3. The van der Waals surface area contributed by atoms with E-state index in [9.17, 15) is 14.9 Å². The first-order valence-electron chi connectivity index (χ1n) is 11.4. The smallest absolute Gasteiger partial charge is 0.338 e. The molecular weight excluding hydrogens is 474 g/mol. The first-order chi connectivity index (χ1) is 17.2. The van der Waals surface area contributed by atoms with Crippen LogP contribution in [-0.4, -0.2) is 67.9 Å². The molecule has 0 aromatic heterocycles. The quantitative estimate of drug-likeness (QED) is 0.301. The van der Waals surface area contributed by atoms with Crippen LogP contribution in [0.2, 0.25) is 0 Å². The molecule has 0 aliphatic carbocycles. The lowest BCUT2D eigenvalue weighted by molar-refractivity contribution is -0.479. The minimum absolute atomic E-state index is 0.0355. The van der Waals surface area contributed by atoms with Gasteiger partial charge in [0.1, 0.15) is 12.2 Å². The van der Waals surface area contributed by atoms with Crippen molar-refractivity contribution in [2.75, 3.05) is 20.8 Å². The van der Waals surface area contributed by atoms with Crippen LogP contribution in [0.5, 0.6) is 0 Å². The Kier molecular flexibility index (Phi) is 7.69. The van der Waals surface area contributed by atoms with Crippen molar-refractivity contribution in [3.8, 4) is 0 Å². The van der Waals surface area contributed by atoms with Gasteiger partial charge < -0.3 is 33.2 Å². The molecule has 0 spiro atoms. The van der Waals surface area contributed by atoms with Crippen molar-refractivity contribution in [1.82, 2.24) is 0 Å². The fourth-order valence-electron chi connectivity index (χ4n) is 4.13. The van der Waals surface area contributed by atoms with Gasteiger partial charge in [-0.05, 0) is 31.5 Å². The number of non-ortho nitro benzene ring substituents is 1. The molecule has 6 unspecified atom stereocenters. The summed E-state index contributed by atoms with van der Waals surface area (Å²) in [4.78, 5) is 23.2. The molecule has 6 atom stereocenters. The number of esters is 1. The number of rotatable bonds is 8. The van der Waals surface area contributed by atoms with Crippen molar-refractivity contribution >= 4 is 11.7 Å². The number of carbonyl (C=O) groups is 1. The number of hydrogen-bond acceptors (Lipinski definition) is 10. The third-order valence-electron chi connectivity index (χ3n) is 6.54. The first-order valence-corrected chi connectivity index (χ1v) is 11.4. The number of methoxy groups -OCH3 is 2. The third-order valence-corrected chi connectivity index (χ3v) is 6.54. The van der Waals surface area contributed by atoms with Gasteiger partial charge in [0.05, 0.1) is 23.7 Å². The molecular formula is C25H29NO10. The van der Waals surface area contributed by atoms with Crippen LogP contribution in [0, 0.1) is 10.1 Å². The van der Waals surface area contributed by atoms with E-state index in [1.54, 1.807) is 13.8 Å². The molecule has 194 valence electrons. The highest BCUT2D eigenvalue weighted by Crippen LogP contribution is 2.43. The van der Waals surface area contributed by atoms with Crippen LogP contribution >= 0.6 is 0 Å². The largest absolute Gasteiger partial charge is 0.453 e. The normalized spacial score (nSPS) is 31.9. The van der Waals surface area contributed by atoms with Crippen molar-refractivity contribution < 1.29 is 42.9 Å². The van der Waals surface area contributed by atoms with Crippen molar-refractivity contribution in [3.05, 3.63) is 75.8 Å². The molecule has 11 nitrogen and oxygen atoms in total. The predicted molar refractivity (Wildman–Crippen MR) is 124 cm³/mol. The SMILES string of the molecule is COC1(C)OC2C(OC(=O)c3ccc([N+](=O)[O-])cc3)COC(OCc3ccccc3)C2OC1(C)OC. The number of carbonyl (C=O) groups excluding carboxylic acids is 1. The maximum absolute atomic E-state index is 12.8. The zero-order chi connectivity index (χ0) is 25.9. The van der Waals surface area contributed by atoms with Gasteiger partial charge in [-0.1, -0.05) is 30.3 Å². The molecule has 0 radical (unpaired) electrons. The van der Waals surface area contributed by atoms with E-state index in [0.29, 0.717) is 0 Å². The topological polar surface area (TPSA) is 125 Å². The third kappa shape index (κ3) is 5.12. The van der Waals surface area contributed by atoms with E-state index in [2.05, 4.69) is 0 Å². The molecule has 11 heteroatoms. The lowest BCUT2D eigenvalue weighted by Gasteiger charge is -2.55. The Morgan fingerprint density at radius 3 is 2.19 bits per heavy atom. The molecule has 36 heavy (non-hydrogen) atoms. The van der Waals surface area contributed by atoms with Gasteiger partial charge in [0, 0.05) is 26.4 Å². The average Bonchev–Trinajstić information content (AvgIpc) is 2.89. The molecule has 0 amide bonds. The molecule has 2 aliphatic heterocycles. The minimum atomic E-state index is -1.34. The summed E-state index contributed by atoms with van der Waals surface area (Å²) in [6.07, 6.45) is -3.38. The Morgan fingerprint density at radius 1 is 1.00 bits per heavy atom. The van der Waals surface area contributed by atoms with Crippen molar-refractivity contribution in [2.45, 2.75) is 56.6 Å². The number of nitro groups is 1. The van der Waals surface area contributed by atoms with E-state index in [1.165, 1.54) is 38.5 Å². The lowest BCUT2D eigenvalue weighted by atomic mass is 9.98. The second-order valence-corrected chi connectivity index (χ2v) is 8.71. The second-order valence-electron chi connectivity index (χ2n) is 8.71. The Labute approximate surface area is 208 Å². The molecule has 2 aromatic rings. The average molecular weight is 504 g/mol. The van der Waals surface area contributed by atoms with Gasteiger partial charge >= 0.3 is 5.97 Å². The van der Waals surface area contributed by atoms with Gasteiger partial charge in [-0.25, -0.2) is 4.79 Å². The second kappa shape index (κ2) is 10.6. The van der Waals surface area contributed by atoms with Crippen LogP contribution in [0.3, 0.4) is 0 Å². The monoisotopic (exact) mass is 503 g/mol. The summed E-state index contributed by atoms with van der Waals surface area (Å²) in [5, 5.41) is 10.9. The number of benzene rings is 2. The number of nitrogens with zero attached hydrogens (tertiary/aromatic N) is 1. The fraction of sp³-hybridized carbons (Fsp3) is 0.480. The molecule has 2 saturated heterocycles. The van der Waals surface area contributed by atoms with Crippen LogP contribution in [0.4, 0.5) is 5.69 Å². The predicted octanol–water partition coefficient (Wildman–Crippen LogP) is 3.20. The Balaban J connectivity index is 1.55. The fourth-order valence-corrected chi connectivity index (χ4v) is 4.13. The number of ether oxygens (including phenoxy) is 7. The number of nitro benzene ring substituents is 1. The molecule has 2 aliphatic rings. The maximum atomic E-state index is 12.8. The van der Waals surface area contributed by atoms with Gasteiger partial charge in [-0.3, -0.25) is 10.1 Å². The Morgan fingerprint density at radius 2 is 1.61 bits per heavy atom. The van der Waals surface area contributed by atoms with Crippen LogP contribution < -0.4 is 0 Å². The summed E-state index contributed by atoms with van der Waals surface area (Å²) in [7, 11) is 2.93. The van der Waals surface area contributed by atoms with Crippen molar-refractivity contribution in [3.63, 3.8) is 0 Å². The van der Waals surface area contributed by atoms with Crippen molar-refractivity contribution in [1.29, 1.82) is 0 Å². The summed E-state index contributed by atoms with van der Waals surface area (Å²) in [6.45, 7) is 3.56. The zero-order valence-corrected chi connectivity index (χ0v) is 20.4. The van der Waals surface area contributed by atoms with Crippen LogP contribution in [-0.2, 0) is 39.8 Å². The van der Waals surface area contributed by atoms with Crippen LogP contribution in [0.15, 0.2) is 54.6 Å². The molecule has 0 bridgehead atoms. The maximum Gasteiger partial charge on any atom is 0.338 e. The highest BCUT2D eigenvalue weighted by molar-refractivity contribution is 5.89. The van der Waals surface area contributed by atoms with E-state index < -0.39 is 47.1 Å². The van der Waals surface area contributed by atoms with Gasteiger partial charge in [0.2, 0.25) is 11.6 Å². The van der Waals surface area contributed by atoms with E-state index in [-0.39, 0.29) is 24.5 Å². The molecule has 2 fully saturated rings. The van der Waals surface area contributed by atoms with Crippen LogP contribution in [0.1, 0.15) is 29.8 Å².